The van der Waals surface area contributed by atoms with Crippen molar-refractivity contribution in [3.05, 3.63) is 45.7 Å². The highest BCUT2D eigenvalue weighted by Crippen LogP contribution is 2.29. The van der Waals surface area contributed by atoms with E-state index in [9.17, 15) is 5.11 Å². The number of aliphatic hydroxyl groups excluding tert-OH is 1. The summed E-state index contributed by atoms with van der Waals surface area (Å²) in [6.07, 6.45) is 2.12. The first-order chi connectivity index (χ1) is 9.13. The number of nitrogens with zero attached hydrogens (tertiary/aromatic N) is 3. The molecule has 1 atom stereocenters. The smallest absolute Gasteiger partial charge is 0.101 e. The minimum absolute atomic E-state index is 0.343. The third-order valence-electron chi connectivity index (χ3n) is 2.88. The molecule has 1 unspecified atom stereocenters. The molecule has 0 aliphatic heterocycles. The van der Waals surface area contributed by atoms with Crippen molar-refractivity contribution in [3.8, 4) is 0 Å². The third kappa shape index (κ3) is 3.26. The second kappa shape index (κ2) is 6.37. The summed E-state index contributed by atoms with van der Waals surface area (Å²) >= 11 is 12.2. The van der Waals surface area contributed by atoms with Gasteiger partial charge in [0.1, 0.15) is 6.10 Å². The molecule has 1 heterocycles. The van der Waals surface area contributed by atoms with Crippen molar-refractivity contribution in [3.63, 3.8) is 0 Å². The summed E-state index contributed by atoms with van der Waals surface area (Å²) in [7, 11) is 0. The van der Waals surface area contributed by atoms with Gasteiger partial charge in [-0.2, -0.15) is 0 Å². The van der Waals surface area contributed by atoms with Crippen LogP contribution in [-0.2, 0) is 13.0 Å². The average Bonchev–Trinajstić information content (AvgIpc) is 2.83. The number of benzene rings is 1. The van der Waals surface area contributed by atoms with Crippen molar-refractivity contribution in [2.75, 3.05) is 0 Å². The molecule has 0 aliphatic rings. The quantitative estimate of drug-likeness (QED) is 0.922. The molecule has 1 N–H and O–H groups in total. The number of rotatable bonds is 5. The Hall–Kier alpha value is -1.10. The van der Waals surface area contributed by atoms with Gasteiger partial charge in [0.15, 0.2) is 0 Å². The van der Waals surface area contributed by atoms with Crippen LogP contribution in [0.15, 0.2) is 24.4 Å². The van der Waals surface area contributed by atoms with Crippen molar-refractivity contribution < 1.29 is 5.11 Å². The van der Waals surface area contributed by atoms with E-state index in [4.69, 9.17) is 23.2 Å². The number of aryl methyl sites for hydroxylation is 1. The van der Waals surface area contributed by atoms with E-state index in [0.29, 0.717) is 22.2 Å². The zero-order valence-electron chi connectivity index (χ0n) is 10.6. The first-order valence-corrected chi connectivity index (χ1v) is 6.88. The van der Waals surface area contributed by atoms with E-state index < -0.39 is 6.10 Å². The number of halogens is 2. The van der Waals surface area contributed by atoms with Gasteiger partial charge in [-0.15, -0.1) is 5.10 Å². The number of aromatic nitrogens is 3. The SMILES string of the molecule is CCCn1nncc1C(O)Cc1c(Cl)cccc1Cl. The van der Waals surface area contributed by atoms with Crippen LogP contribution < -0.4 is 0 Å². The molecule has 1 aromatic heterocycles. The van der Waals surface area contributed by atoms with Crippen LogP contribution in [0.4, 0.5) is 0 Å². The number of hydrogen-bond donors (Lipinski definition) is 1. The Morgan fingerprint density at radius 1 is 1.32 bits per heavy atom. The second-order valence-electron chi connectivity index (χ2n) is 4.30. The molecule has 0 aliphatic carbocycles. The van der Waals surface area contributed by atoms with Crippen LogP contribution >= 0.6 is 23.2 Å². The first kappa shape index (κ1) is 14.3. The molecule has 0 saturated carbocycles. The lowest BCUT2D eigenvalue weighted by atomic mass is 10.1. The van der Waals surface area contributed by atoms with Crippen LogP contribution in [0, 0.1) is 0 Å². The Morgan fingerprint density at radius 2 is 2.00 bits per heavy atom. The monoisotopic (exact) mass is 299 g/mol. The van der Waals surface area contributed by atoms with Gasteiger partial charge in [0.25, 0.3) is 0 Å². The largest absolute Gasteiger partial charge is 0.386 e. The molecule has 0 saturated heterocycles. The maximum Gasteiger partial charge on any atom is 0.101 e. The van der Waals surface area contributed by atoms with Crippen molar-refractivity contribution in [2.45, 2.75) is 32.4 Å². The van der Waals surface area contributed by atoms with Crippen molar-refractivity contribution in [1.29, 1.82) is 0 Å². The molecular formula is C13H15Cl2N3O. The molecule has 4 nitrogen and oxygen atoms in total. The second-order valence-corrected chi connectivity index (χ2v) is 5.12. The fraction of sp³-hybridized carbons (Fsp3) is 0.385. The summed E-state index contributed by atoms with van der Waals surface area (Å²) in [4.78, 5) is 0. The van der Waals surface area contributed by atoms with Gasteiger partial charge in [0.05, 0.1) is 11.9 Å². The van der Waals surface area contributed by atoms with Gasteiger partial charge in [0, 0.05) is 23.0 Å². The van der Waals surface area contributed by atoms with E-state index in [1.165, 1.54) is 0 Å². The van der Waals surface area contributed by atoms with E-state index in [1.54, 1.807) is 29.1 Å². The zero-order valence-corrected chi connectivity index (χ0v) is 12.1. The van der Waals surface area contributed by atoms with Crippen molar-refractivity contribution in [2.24, 2.45) is 0 Å². The van der Waals surface area contributed by atoms with Crippen LogP contribution in [-0.4, -0.2) is 20.1 Å². The van der Waals surface area contributed by atoms with Crippen molar-refractivity contribution in [1.82, 2.24) is 15.0 Å². The number of aliphatic hydroxyl groups is 1. The third-order valence-corrected chi connectivity index (χ3v) is 3.59. The topological polar surface area (TPSA) is 50.9 Å². The maximum atomic E-state index is 10.3. The Kier molecular flexibility index (Phi) is 4.80. The molecule has 0 bridgehead atoms. The van der Waals surface area contributed by atoms with Gasteiger partial charge in [0.2, 0.25) is 0 Å². The van der Waals surface area contributed by atoms with Crippen molar-refractivity contribution >= 4 is 23.2 Å². The highest BCUT2D eigenvalue weighted by molar-refractivity contribution is 6.35. The van der Waals surface area contributed by atoms with Crippen LogP contribution in [0.1, 0.15) is 30.7 Å². The molecule has 0 spiro atoms. The van der Waals surface area contributed by atoms with Gasteiger partial charge >= 0.3 is 0 Å². The normalized spacial score (nSPS) is 12.6. The maximum absolute atomic E-state index is 10.3. The highest BCUT2D eigenvalue weighted by atomic mass is 35.5. The van der Waals surface area contributed by atoms with Crippen LogP contribution in [0.5, 0.6) is 0 Å². The summed E-state index contributed by atoms with van der Waals surface area (Å²) < 4.78 is 1.70. The Balaban J connectivity index is 2.21. The lowest BCUT2D eigenvalue weighted by molar-refractivity contribution is 0.166. The van der Waals surface area contributed by atoms with E-state index in [1.807, 2.05) is 6.92 Å². The average molecular weight is 300 g/mol. The molecule has 0 amide bonds. The minimum atomic E-state index is -0.723. The van der Waals surface area contributed by atoms with Gasteiger partial charge < -0.3 is 5.11 Å². The molecule has 6 heteroatoms. The fourth-order valence-electron chi connectivity index (χ4n) is 1.93. The lowest BCUT2D eigenvalue weighted by Gasteiger charge is -2.14. The van der Waals surface area contributed by atoms with E-state index in [-0.39, 0.29) is 0 Å². The molecular weight excluding hydrogens is 285 g/mol. The van der Waals surface area contributed by atoms with E-state index >= 15 is 0 Å². The van der Waals surface area contributed by atoms with Gasteiger partial charge in [-0.1, -0.05) is 41.4 Å². The van der Waals surface area contributed by atoms with E-state index in [0.717, 1.165) is 18.5 Å². The highest BCUT2D eigenvalue weighted by Gasteiger charge is 2.17. The molecule has 2 rings (SSSR count). The van der Waals surface area contributed by atoms with Crippen LogP contribution in [0.3, 0.4) is 0 Å². The van der Waals surface area contributed by atoms with Crippen LogP contribution in [0.2, 0.25) is 10.0 Å². The molecule has 0 fully saturated rings. The number of hydrogen-bond acceptors (Lipinski definition) is 3. The van der Waals surface area contributed by atoms with Crippen LogP contribution in [0.25, 0.3) is 0 Å². The summed E-state index contributed by atoms with van der Waals surface area (Å²) in [5.41, 5.74) is 1.42. The van der Waals surface area contributed by atoms with Gasteiger partial charge in [-0.25, -0.2) is 4.68 Å². The summed E-state index contributed by atoms with van der Waals surface area (Å²) in [5.74, 6) is 0. The lowest BCUT2D eigenvalue weighted by Crippen LogP contribution is -2.11. The molecule has 0 radical (unpaired) electrons. The molecule has 2 aromatic rings. The Labute approximate surface area is 122 Å². The standard InChI is InChI=1S/C13H15Cl2N3O/c1-2-6-18-12(8-16-17-18)13(19)7-9-10(14)4-3-5-11(9)15/h3-5,8,13,19H,2,6-7H2,1H3. The molecule has 102 valence electrons. The van der Waals surface area contributed by atoms with Gasteiger partial charge in [-0.05, 0) is 24.1 Å². The fourth-order valence-corrected chi connectivity index (χ4v) is 2.49. The molecule has 1 aromatic carbocycles. The predicted molar refractivity (Wildman–Crippen MR) is 75.4 cm³/mol. The van der Waals surface area contributed by atoms with Gasteiger partial charge in [-0.3, -0.25) is 0 Å². The Bertz CT molecular complexity index is 536. The zero-order chi connectivity index (χ0) is 13.8. The minimum Gasteiger partial charge on any atom is -0.386 e. The predicted octanol–water partition coefficient (Wildman–Crippen LogP) is 3.27. The Morgan fingerprint density at radius 3 is 2.63 bits per heavy atom. The first-order valence-electron chi connectivity index (χ1n) is 6.12. The summed E-state index contributed by atoms with van der Waals surface area (Å²) in [5, 5.41) is 19.2. The summed E-state index contributed by atoms with van der Waals surface area (Å²) in [6, 6.07) is 5.30. The summed E-state index contributed by atoms with van der Waals surface area (Å²) in [6.45, 7) is 2.77. The molecule has 19 heavy (non-hydrogen) atoms. The van der Waals surface area contributed by atoms with E-state index in [2.05, 4.69) is 10.3 Å².